The molecule has 1 atom stereocenters. The molecule has 1 aromatic carbocycles. The molecule has 0 bridgehead atoms. The van der Waals surface area contributed by atoms with E-state index in [0.717, 1.165) is 36.3 Å². The van der Waals surface area contributed by atoms with E-state index in [9.17, 15) is 0 Å². The van der Waals surface area contributed by atoms with Gasteiger partial charge in [-0.2, -0.15) is 0 Å². The molecule has 0 aliphatic carbocycles. The predicted octanol–water partition coefficient (Wildman–Crippen LogP) is 2.40. The summed E-state index contributed by atoms with van der Waals surface area (Å²) >= 11 is 0. The maximum absolute atomic E-state index is 5.59. The molecule has 1 rings (SSSR count). The van der Waals surface area contributed by atoms with Crippen LogP contribution in [-0.2, 0) is 0 Å². The summed E-state index contributed by atoms with van der Waals surface area (Å²) in [5, 5.41) is 0. The van der Waals surface area contributed by atoms with E-state index in [1.807, 2.05) is 18.2 Å². The Labute approximate surface area is 103 Å². The third kappa shape index (κ3) is 3.61. The quantitative estimate of drug-likeness (QED) is 0.565. The zero-order valence-electron chi connectivity index (χ0n) is 10.8. The highest BCUT2D eigenvalue weighted by atomic mass is 16.5. The minimum atomic E-state index is 0.162. The molecule has 0 aromatic heterocycles. The van der Waals surface area contributed by atoms with E-state index in [0.29, 0.717) is 0 Å². The molecular formula is C13H22N2O2. The van der Waals surface area contributed by atoms with Crippen LogP contribution in [0.3, 0.4) is 0 Å². The number of methoxy groups -OCH3 is 2. The number of ether oxygens (including phenoxy) is 2. The van der Waals surface area contributed by atoms with Crippen molar-refractivity contribution in [2.75, 3.05) is 14.2 Å². The molecule has 1 unspecified atom stereocenters. The Morgan fingerprint density at radius 1 is 1.24 bits per heavy atom. The van der Waals surface area contributed by atoms with Gasteiger partial charge in [-0.05, 0) is 24.1 Å². The molecule has 0 aliphatic heterocycles. The molecule has 0 saturated heterocycles. The lowest BCUT2D eigenvalue weighted by molar-refractivity contribution is 0.353. The Hall–Kier alpha value is -1.26. The zero-order valence-corrected chi connectivity index (χ0v) is 10.8. The normalized spacial score (nSPS) is 12.2. The molecule has 0 fully saturated rings. The number of benzene rings is 1. The lowest BCUT2D eigenvalue weighted by atomic mass is 10.0. The molecule has 17 heavy (non-hydrogen) atoms. The second-order valence-corrected chi connectivity index (χ2v) is 3.98. The molecule has 0 heterocycles. The summed E-state index contributed by atoms with van der Waals surface area (Å²) < 4.78 is 10.5. The van der Waals surface area contributed by atoms with Crippen LogP contribution in [0.2, 0.25) is 0 Å². The summed E-state index contributed by atoms with van der Waals surface area (Å²) in [6.07, 6.45) is 3.32. The monoisotopic (exact) mass is 238 g/mol. The van der Waals surface area contributed by atoms with Gasteiger partial charge in [0.15, 0.2) is 11.5 Å². The maximum Gasteiger partial charge on any atom is 0.161 e. The smallest absolute Gasteiger partial charge is 0.161 e. The number of nitrogens with one attached hydrogen (secondary N) is 1. The van der Waals surface area contributed by atoms with Gasteiger partial charge in [-0.1, -0.05) is 25.8 Å². The number of hydrazine groups is 1. The lowest BCUT2D eigenvalue weighted by Gasteiger charge is -2.17. The van der Waals surface area contributed by atoms with Gasteiger partial charge >= 0.3 is 0 Å². The molecule has 0 saturated carbocycles. The Bertz CT molecular complexity index is 342. The summed E-state index contributed by atoms with van der Waals surface area (Å²) in [6, 6.07) is 6.06. The average molecular weight is 238 g/mol. The van der Waals surface area contributed by atoms with Gasteiger partial charge in [0, 0.05) is 6.04 Å². The maximum atomic E-state index is 5.59. The van der Waals surface area contributed by atoms with Crippen LogP contribution in [0, 0.1) is 0 Å². The van der Waals surface area contributed by atoms with Crippen LogP contribution in [-0.4, -0.2) is 14.2 Å². The van der Waals surface area contributed by atoms with Crippen LogP contribution in [0.4, 0.5) is 0 Å². The molecule has 0 amide bonds. The van der Waals surface area contributed by atoms with Crippen molar-refractivity contribution in [2.24, 2.45) is 5.84 Å². The van der Waals surface area contributed by atoms with E-state index in [1.165, 1.54) is 0 Å². The van der Waals surface area contributed by atoms with Crippen LogP contribution < -0.4 is 20.7 Å². The van der Waals surface area contributed by atoms with Crippen molar-refractivity contribution in [3.05, 3.63) is 23.8 Å². The number of hydrogen-bond acceptors (Lipinski definition) is 4. The Kier molecular flexibility index (Phi) is 5.80. The van der Waals surface area contributed by atoms with Crippen molar-refractivity contribution in [1.29, 1.82) is 0 Å². The zero-order chi connectivity index (χ0) is 12.7. The first kappa shape index (κ1) is 13.8. The molecule has 4 heteroatoms. The summed E-state index contributed by atoms with van der Waals surface area (Å²) in [5.74, 6) is 7.06. The van der Waals surface area contributed by atoms with E-state index < -0.39 is 0 Å². The number of hydrogen-bond donors (Lipinski definition) is 2. The summed E-state index contributed by atoms with van der Waals surface area (Å²) in [6.45, 7) is 2.17. The second kappa shape index (κ2) is 7.14. The molecule has 0 radical (unpaired) electrons. The summed E-state index contributed by atoms with van der Waals surface area (Å²) in [4.78, 5) is 0. The highest BCUT2D eigenvalue weighted by molar-refractivity contribution is 5.43. The second-order valence-electron chi connectivity index (χ2n) is 3.98. The van der Waals surface area contributed by atoms with Gasteiger partial charge < -0.3 is 9.47 Å². The molecule has 4 nitrogen and oxygen atoms in total. The van der Waals surface area contributed by atoms with Gasteiger partial charge in [0.25, 0.3) is 0 Å². The van der Waals surface area contributed by atoms with E-state index in [1.54, 1.807) is 14.2 Å². The minimum Gasteiger partial charge on any atom is -0.493 e. The van der Waals surface area contributed by atoms with Crippen molar-refractivity contribution in [3.63, 3.8) is 0 Å². The summed E-state index contributed by atoms with van der Waals surface area (Å²) in [7, 11) is 3.27. The van der Waals surface area contributed by atoms with Gasteiger partial charge in [-0.3, -0.25) is 11.3 Å². The molecule has 96 valence electrons. The highest BCUT2D eigenvalue weighted by Crippen LogP contribution is 2.31. The standard InChI is InChI=1S/C13H22N2O2/c1-4-5-6-11(15-14)10-7-8-12(16-2)13(9-10)17-3/h7-9,11,15H,4-6,14H2,1-3H3. The highest BCUT2D eigenvalue weighted by Gasteiger charge is 2.12. The van der Waals surface area contributed by atoms with E-state index in [-0.39, 0.29) is 6.04 Å². The number of rotatable bonds is 7. The van der Waals surface area contributed by atoms with Crippen LogP contribution in [0.1, 0.15) is 37.8 Å². The fraction of sp³-hybridized carbons (Fsp3) is 0.538. The van der Waals surface area contributed by atoms with Crippen LogP contribution >= 0.6 is 0 Å². The van der Waals surface area contributed by atoms with Crippen molar-refractivity contribution in [3.8, 4) is 11.5 Å². The average Bonchev–Trinajstić information content (AvgIpc) is 2.39. The van der Waals surface area contributed by atoms with Gasteiger partial charge in [0.2, 0.25) is 0 Å². The first-order valence-corrected chi connectivity index (χ1v) is 5.94. The van der Waals surface area contributed by atoms with Crippen LogP contribution in [0.25, 0.3) is 0 Å². The van der Waals surface area contributed by atoms with Gasteiger partial charge in [-0.15, -0.1) is 0 Å². The molecule has 0 spiro atoms. The van der Waals surface area contributed by atoms with Gasteiger partial charge in [0.05, 0.1) is 14.2 Å². The lowest BCUT2D eigenvalue weighted by Crippen LogP contribution is -2.27. The number of nitrogens with two attached hydrogens (primary N) is 1. The Morgan fingerprint density at radius 3 is 2.47 bits per heavy atom. The van der Waals surface area contributed by atoms with E-state index in [4.69, 9.17) is 15.3 Å². The Morgan fingerprint density at radius 2 is 1.94 bits per heavy atom. The molecule has 3 N–H and O–H groups in total. The third-order valence-corrected chi connectivity index (χ3v) is 2.86. The van der Waals surface area contributed by atoms with Crippen LogP contribution in [0.15, 0.2) is 18.2 Å². The van der Waals surface area contributed by atoms with Crippen molar-refractivity contribution in [2.45, 2.75) is 32.2 Å². The number of unbranched alkanes of at least 4 members (excludes halogenated alkanes) is 1. The predicted molar refractivity (Wildman–Crippen MR) is 69.1 cm³/mol. The first-order chi connectivity index (χ1) is 8.26. The fourth-order valence-electron chi connectivity index (χ4n) is 1.82. The van der Waals surface area contributed by atoms with E-state index >= 15 is 0 Å². The van der Waals surface area contributed by atoms with Gasteiger partial charge in [-0.25, -0.2) is 0 Å². The van der Waals surface area contributed by atoms with Crippen molar-refractivity contribution in [1.82, 2.24) is 5.43 Å². The Balaban J connectivity index is 2.88. The topological polar surface area (TPSA) is 56.5 Å². The minimum absolute atomic E-state index is 0.162. The SMILES string of the molecule is CCCCC(NN)c1ccc(OC)c(OC)c1. The molecular weight excluding hydrogens is 216 g/mol. The molecule has 0 aliphatic rings. The van der Waals surface area contributed by atoms with E-state index in [2.05, 4.69) is 12.3 Å². The summed E-state index contributed by atoms with van der Waals surface area (Å²) in [5.41, 5.74) is 3.97. The van der Waals surface area contributed by atoms with Crippen molar-refractivity contribution >= 4 is 0 Å². The molecule has 1 aromatic rings. The fourth-order valence-corrected chi connectivity index (χ4v) is 1.82. The van der Waals surface area contributed by atoms with Crippen LogP contribution in [0.5, 0.6) is 11.5 Å². The largest absolute Gasteiger partial charge is 0.493 e. The van der Waals surface area contributed by atoms with Crippen molar-refractivity contribution < 1.29 is 9.47 Å². The third-order valence-electron chi connectivity index (χ3n) is 2.86. The first-order valence-electron chi connectivity index (χ1n) is 5.94. The van der Waals surface area contributed by atoms with Gasteiger partial charge in [0.1, 0.15) is 0 Å².